The SMILES string of the molecule is CCOC(=O)CCCc1ccc(CCc2cc(F)ccc2-c2ccc(OC)nc2)cn1. The van der Waals surface area contributed by atoms with Gasteiger partial charge >= 0.3 is 5.97 Å². The van der Waals surface area contributed by atoms with Crippen LogP contribution in [0.4, 0.5) is 4.39 Å². The van der Waals surface area contributed by atoms with E-state index < -0.39 is 0 Å². The number of aryl methyl sites for hydroxylation is 3. The minimum atomic E-state index is -0.254. The van der Waals surface area contributed by atoms with E-state index >= 15 is 0 Å². The van der Waals surface area contributed by atoms with Crippen molar-refractivity contribution >= 4 is 5.97 Å². The fourth-order valence-corrected chi connectivity index (χ4v) is 3.39. The molecular weight excluding hydrogens is 395 g/mol. The van der Waals surface area contributed by atoms with Crippen molar-refractivity contribution in [2.24, 2.45) is 0 Å². The zero-order valence-electron chi connectivity index (χ0n) is 17.9. The molecule has 0 bridgehead atoms. The number of pyridine rings is 2. The van der Waals surface area contributed by atoms with Crippen LogP contribution < -0.4 is 4.74 Å². The van der Waals surface area contributed by atoms with E-state index in [9.17, 15) is 9.18 Å². The molecule has 6 heteroatoms. The third-order valence-corrected chi connectivity index (χ3v) is 5.01. The summed E-state index contributed by atoms with van der Waals surface area (Å²) in [5.74, 6) is 0.119. The first kappa shape index (κ1) is 22.4. The molecule has 0 spiro atoms. The second-order valence-corrected chi connectivity index (χ2v) is 7.21. The molecule has 0 radical (unpaired) electrons. The fraction of sp³-hybridized carbons (Fsp3) is 0.320. The van der Waals surface area contributed by atoms with Crippen molar-refractivity contribution in [2.45, 2.75) is 39.0 Å². The molecule has 0 amide bonds. The Morgan fingerprint density at radius 3 is 2.55 bits per heavy atom. The van der Waals surface area contributed by atoms with Crippen LogP contribution in [0.25, 0.3) is 11.1 Å². The molecule has 31 heavy (non-hydrogen) atoms. The van der Waals surface area contributed by atoms with Crippen LogP contribution in [0.3, 0.4) is 0 Å². The van der Waals surface area contributed by atoms with Crippen LogP contribution in [0.15, 0.2) is 54.9 Å². The Morgan fingerprint density at radius 2 is 1.87 bits per heavy atom. The van der Waals surface area contributed by atoms with Crippen LogP contribution >= 0.6 is 0 Å². The molecule has 0 aliphatic heterocycles. The lowest BCUT2D eigenvalue weighted by Gasteiger charge is -2.11. The van der Waals surface area contributed by atoms with Gasteiger partial charge in [-0.15, -0.1) is 0 Å². The Bertz CT molecular complexity index is 989. The quantitative estimate of drug-likeness (QED) is 0.432. The number of halogens is 1. The Labute approximate surface area is 182 Å². The molecule has 0 atom stereocenters. The maximum absolute atomic E-state index is 13.9. The van der Waals surface area contributed by atoms with Gasteiger partial charge in [-0.2, -0.15) is 0 Å². The molecule has 0 saturated heterocycles. The minimum absolute atomic E-state index is 0.169. The maximum atomic E-state index is 13.9. The molecule has 1 aromatic carbocycles. The van der Waals surface area contributed by atoms with E-state index in [-0.39, 0.29) is 11.8 Å². The Hall–Kier alpha value is -3.28. The summed E-state index contributed by atoms with van der Waals surface area (Å²) >= 11 is 0. The van der Waals surface area contributed by atoms with E-state index in [2.05, 4.69) is 9.97 Å². The Morgan fingerprint density at radius 1 is 1.00 bits per heavy atom. The molecule has 0 fully saturated rings. The third-order valence-electron chi connectivity index (χ3n) is 5.01. The number of rotatable bonds is 10. The van der Waals surface area contributed by atoms with Crippen molar-refractivity contribution < 1.29 is 18.7 Å². The molecule has 2 heterocycles. The molecule has 0 aliphatic rings. The summed E-state index contributed by atoms with van der Waals surface area (Å²) in [7, 11) is 1.57. The van der Waals surface area contributed by atoms with Crippen LogP contribution in [0, 0.1) is 5.82 Å². The van der Waals surface area contributed by atoms with E-state index in [1.165, 1.54) is 6.07 Å². The minimum Gasteiger partial charge on any atom is -0.481 e. The van der Waals surface area contributed by atoms with E-state index in [0.717, 1.165) is 40.8 Å². The number of aromatic nitrogens is 2. The van der Waals surface area contributed by atoms with Crippen molar-refractivity contribution in [3.8, 4) is 17.0 Å². The number of benzene rings is 1. The highest BCUT2D eigenvalue weighted by Gasteiger charge is 2.09. The predicted octanol–water partition coefficient (Wildman–Crippen LogP) is 4.96. The van der Waals surface area contributed by atoms with Gasteiger partial charge in [0.15, 0.2) is 0 Å². The zero-order valence-corrected chi connectivity index (χ0v) is 17.9. The molecule has 3 aromatic rings. The topological polar surface area (TPSA) is 61.3 Å². The highest BCUT2D eigenvalue weighted by atomic mass is 19.1. The number of hydrogen-bond acceptors (Lipinski definition) is 5. The predicted molar refractivity (Wildman–Crippen MR) is 117 cm³/mol. The van der Waals surface area contributed by atoms with Gasteiger partial charge in [-0.3, -0.25) is 9.78 Å². The summed E-state index contributed by atoms with van der Waals surface area (Å²) in [6.45, 7) is 2.21. The average molecular weight is 423 g/mol. The lowest BCUT2D eigenvalue weighted by atomic mass is 9.96. The van der Waals surface area contributed by atoms with E-state index in [1.807, 2.05) is 24.4 Å². The number of hydrogen-bond donors (Lipinski definition) is 0. The summed E-state index contributed by atoms with van der Waals surface area (Å²) in [4.78, 5) is 20.2. The summed E-state index contributed by atoms with van der Waals surface area (Å²) in [5, 5.41) is 0. The van der Waals surface area contributed by atoms with Gasteiger partial charge in [0.2, 0.25) is 5.88 Å². The first-order chi connectivity index (χ1) is 15.1. The summed E-state index contributed by atoms with van der Waals surface area (Å²) in [6.07, 6.45) is 6.88. The molecule has 5 nitrogen and oxygen atoms in total. The van der Waals surface area contributed by atoms with Crippen LogP contribution in [0.1, 0.15) is 36.6 Å². The van der Waals surface area contributed by atoms with Gasteiger partial charge in [-0.1, -0.05) is 12.1 Å². The van der Waals surface area contributed by atoms with Gasteiger partial charge in [0.05, 0.1) is 13.7 Å². The number of nitrogens with zero attached hydrogens (tertiary/aromatic N) is 2. The van der Waals surface area contributed by atoms with Gasteiger partial charge in [0, 0.05) is 36.1 Å². The highest BCUT2D eigenvalue weighted by Crippen LogP contribution is 2.26. The standard InChI is InChI=1S/C25H27FN2O3/c1-3-31-25(29)6-4-5-22-12-8-18(16-27-22)7-9-19-15-21(26)11-13-23(19)20-10-14-24(30-2)28-17-20/h8,10-17H,3-7,9H2,1-2H3. The Balaban J connectivity index is 1.61. The number of methoxy groups -OCH3 is 1. The third kappa shape index (κ3) is 6.60. The van der Waals surface area contributed by atoms with Gasteiger partial charge in [-0.25, -0.2) is 9.37 Å². The second kappa shape index (κ2) is 11.2. The number of carbonyl (C=O) groups excluding carboxylic acids is 1. The van der Waals surface area contributed by atoms with Crippen LogP contribution in [0.5, 0.6) is 5.88 Å². The van der Waals surface area contributed by atoms with E-state index in [1.54, 1.807) is 38.4 Å². The van der Waals surface area contributed by atoms with Gasteiger partial charge in [0.1, 0.15) is 5.82 Å². The van der Waals surface area contributed by atoms with Gasteiger partial charge < -0.3 is 9.47 Å². The molecule has 2 aromatic heterocycles. The molecular formula is C25H27FN2O3. The fourth-order valence-electron chi connectivity index (χ4n) is 3.39. The largest absolute Gasteiger partial charge is 0.481 e. The van der Waals surface area contributed by atoms with Crippen molar-refractivity contribution in [1.82, 2.24) is 9.97 Å². The molecule has 0 aliphatic carbocycles. The van der Waals surface area contributed by atoms with Crippen LogP contribution in [-0.4, -0.2) is 29.7 Å². The maximum Gasteiger partial charge on any atom is 0.305 e. The lowest BCUT2D eigenvalue weighted by Crippen LogP contribution is -2.04. The first-order valence-electron chi connectivity index (χ1n) is 10.5. The number of carbonyl (C=O) groups is 1. The summed E-state index contributed by atoms with van der Waals surface area (Å²) in [5.41, 5.74) is 4.83. The first-order valence-corrected chi connectivity index (χ1v) is 10.5. The van der Waals surface area contributed by atoms with Crippen molar-refractivity contribution in [3.63, 3.8) is 0 Å². The van der Waals surface area contributed by atoms with E-state index in [4.69, 9.17) is 9.47 Å². The average Bonchev–Trinajstić information content (AvgIpc) is 2.79. The van der Waals surface area contributed by atoms with E-state index in [0.29, 0.717) is 31.7 Å². The number of esters is 1. The van der Waals surface area contributed by atoms with Crippen molar-refractivity contribution in [1.29, 1.82) is 0 Å². The normalized spacial score (nSPS) is 10.7. The summed E-state index contributed by atoms with van der Waals surface area (Å²) < 4.78 is 24.0. The number of ether oxygens (including phenoxy) is 2. The monoisotopic (exact) mass is 422 g/mol. The molecule has 3 rings (SSSR count). The molecule has 0 saturated carbocycles. The van der Waals surface area contributed by atoms with Crippen LogP contribution in [-0.2, 0) is 28.8 Å². The van der Waals surface area contributed by atoms with Crippen LogP contribution in [0.2, 0.25) is 0 Å². The second-order valence-electron chi connectivity index (χ2n) is 7.21. The Kier molecular flexibility index (Phi) is 8.10. The van der Waals surface area contributed by atoms with Gasteiger partial charge in [0.25, 0.3) is 0 Å². The smallest absolute Gasteiger partial charge is 0.305 e. The van der Waals surface area contributed by atoms with Crippen molar-refractivity contribution in [3.05, 3.63) is 77.5 Å². The highest BCUT2D eigenvalue weighted by molar-refractivity contribution is 5.69. The summed E-state index contributed by atoms with van der Waals surface area (Å²) in [6, 6.07) is 12.6. The lowest BCUT2D eigenvalue weighted by molar-refractivity contribution is -0.143. The molecule has 162 valence electrons. The van der Waals surface area contributed by atoms with Crippen molar-refractivity contribution in [2.75, 3.05) is 13.7 Å². The van der Waals surface area contributed by atoms with Gasteiger partial charge in [-0.05, 0) is 73.6 Å². The molecule has 0 unspecified atom stereocenters. The zero-order chi connectivity index (χ0) is 22.1. The molecule has 0 N–H and O–H groups in total.